The molecular weight excluding hydrogens is 406 g/mol. The number of oxime groups is 1. The van der Waals surface area contributed by atoms with Crippen LogP contribution in [0.25, 0.3) is 0 Å². The molecule has 0 aromatic heterocycles. The highest BCUT2D eigenvalue weighted by Crippen LogP contribution is 2.83. The van der Waals surface area contributed by atoms with Gasteiger partial charge in [0.1, 0.15) is 11.7 Å². The zero-order valence-corrected chi connectivity index (χ0v) is 19.8. The first-order valence-electron chi connectivity index (χ1n) is 12.6. The van der Waals surface area contributed by atoms with Crippen molar-refractivity contribution in [2.45, 2.75) is 78.9 Å². The van der Waals surface area contributed by atoms with E-state index in [1.54, 1.807) is 0 Å². The van der Waals surface area contributed by atoms with Gasteiger partial charge in [-0.1, -0.05) is 57.3 Å². The first kappa shape index (κ1) is 22.1. The van der Waals surface area contributed by atoms with Gasteiger partial charge in [0.2, 0.25) is 6.29 Å². The Labute approximate surface area is 190 Å². The van der Waals surface area contributed by atoms with Crippen molar-refractivity contribution in [1.29, 1.82) is 0 Å². The van der Waals surface area contributed by atoms with Crippen LogP contribution in [0.15, 0.2) is 16.8 Å². The molecule has 8 atom stereocenters. The van der Waals surface area contributed by atoms with Gasteiger partial charge in [-0.3, -0.25) is 4.79 Å². The van der Waals surface area contributed by atoms with Crippen molar-refractivity contribution >= 4 is 18.0 Å². The van der Waals surface area contributed by atoms with Crippen LogP contribution >= 0.6 is 0 Å². The Hall–Kier alpha value is -1.69. The number of hydrogen-bond donors (Lipinski definition) is 1. The monoisotopic (exact) mass is 443 g/mol. The number of hydrogen-bond acceptors (Lipinski definition) is 5. The summed E-state index contributed by atoms with van der Waals surface area (Å²) in [5, 5.41) is 15.6. The molecule has 1 aliphatic heterocycles. The predicted molar refractivity (Wildman–Crippen MR) is 120 cm³/mol. The quantitative estimate of drug-likeness (QED) is 0.330. The van der Waals surface area contributed by atoms with E-state index in [4.69, 9.17) is 9.57 Å². The molecule has 3 fully saturated rings. The number of nitrogens with zero attached hydrogens (tertiary/aromatic N) is 1. The van der Waals surface area contributed by atoms with E-state index in [-0.39, 0.29) is 17.8 Å². The molecule has 3 saturated carbocycles. The van der Waals surface area contributed by atoms with E-state index in [1.807, 2.05) is 0 Å². The molecular formula is C26H37NO5. The third-order valence-corrected chi connectivity index (χ3v) is 9.88. The molecule has 32 heavy (non-hydrogen) atoms. The average Bonchev–Trinajstić information content (AvgIpc) is 3.48. The predicted octanol–water partition coefficient (Wildman–Crippen LogP) is 4.83. The topological polar surface area (TPSA) is 85.2 Å². The summed E-state index contributed by atoms with van der Waals surface area (Å²) in [6, 6.07) is 0. The summed E-state index contributed by atoms with van der Waals surface area (Å²) >= 11 is 0. The zero-order chi connectivity index (χ0) is 22.9. The average molecular weight is 444 g/mol. The van der Waals surface area contributed by atoms with Crippen molar-refractivity contribution in [2.75, 3.05) is 6.61 Å². The second-order valence-electron chi connectivity index (χ2n) is 11.3. The van der Waals surface area contributed by atoms with Gasteiger partial charge < -0.3 is 19.5 Å². The number of allylic oxidation sites excluding steroid dienone is 1. The van der Waals surface area contributed by atoms with Gasteiger partial charge in [0.05, 0.1) is 24.2 Å². The molecule has 0 aromatic carbocycles. The summed E-state index contributed by atoms with van der Waals surface area (Å²) in [7, 11) is 0. The number of carbonyl (C=O) groups excluding carboxylic acids is 1. The standard InChI is InChI=1S/C26H37NO5/c1-5-6-9-31-22-11-21(27-32-22)25-13-18-16(4)7-8-19(18)24(14-28)12-17(25)10-20(15(2)3)26(24,25)23(29)30/h10,14-19,22H,5-9,11-13H2,1-4H3,(H,29,30)/t16-,17+,18-,19-,22?,24+,25-,26+/m1/s1. The number of fused-ring (bicyclic) bond motifs is 2. The molecule has 6 heteroatoms. The van der Waals surface area contributed by atoms with E-state index in [0.29, 0.717) is 31.3 Å². The molecule has 6 nitrogen and oxygen atoms in total. The Balaban J connectivity index is 1.65. The van der Waals surface area contributed by atoms with Gasteiger partial charge in [-0.2, -0.15) is 0 Å². The molecule has 4 bridgehead atoms. The van der Waals surface area contributed by atoms with Gasteiger partial charge >= 0.3 is 5.97 Å². The normalized spacial score (nSPS) is 46.1. The van der Waals surface area contributed by atoms with E-state index < -0.39 is 28.5 Å². The van der Waals surface area contributed by atoms with Crippen LogP contribution in [0.4, 0.5) is 0 Å². The molecule has 4 aliphatic carbocycles. The van der Waals surface area contributed by atoms with Crippen molar-refractivity contribution in [3.05, 3.63) is 11.6 Å². The number of aliphatic carboxylic acids is 1. The summed E-state index contributed by atoms with van der Waals surface area (Å²) in [4.78, 5) is 32.3. The van der Waals surface area contributed by atoms with Crippen LogP contribution in [0.5, 0.6) is 0 Å². The van der Waals surface area contributed by atoms with E-state index >= 15 is 0 Å². The molecule has 0 amide bonds. The zero-order valence-electron chi connectivity index (χ0n) is 19.8. The Morgan fingerprint density at radius 2 is 2.16 bits per heavy atom. The van der Waals surface area contributed by atoms with Crippen LogP contribution in [0.2, 0.25) is 0 Å². The van der Waals surface area contributed by atoms with Crippen LogP contribution in [-0.4, -0.2) is 36.0 Å². The van der Waals surface area contributed by atoms with Crippen molar-refractivity contribution in [2.24, 2.45) is 51.0 Å². The smallest absolute Gasteiger partial charge is 0.315 e. The van der Waals surface area contributed by atoms with Gasteiger partial charge in [0.25, 0.3) is 0 Å². The lowest BCUT2D eigenvalue weighted by Gasteiger charge is -2.58. The van der Waals surface area contributed by atoms with Crippen LogP contribution in [0.3, 0.4) is 0 Å². The van der Waals surface area contributed by atoms with E-state index in [9.17, 15) is 14.7 Å². The molecule has 1 unspecified atom stereocenters. The fourth-order valence-electron chi connectivity index (χ4n) is 8.79. The Morgan fingerprint density at radius 3 is 2.81 bits per heavy atom. The minimum atomic E-state index is -1.23. The Kier molecular flexibility index (Phi) is 5.12. The first-order valence-corrected chi connectivity index (χ1v) is 12.6. The minimum Gasteiger partial charge on any atom is -0.481 e. The van der Waals surface area contributed by atoms with Crippen LogP contribution in [0, 0.1) is 45.8 Å². The van der Waals surface area contributed by atoms with Crippen molar-refractivity contribution in [3.63, 3.8) is 0 Å². The summed E-state index contributed by atoms with van der Waals surface area (Å²) in [6.45, 7) is 9.14. The number of carboxylic acid groups (broad SMARTS) is 1. The van der Waals surface area contributed by atoms with Crippen molar-refractivity contribution in [1.82, 2.24) is 0 Å². The molecule has 0 radical (unpaired) electrons. The molecule has 0 spiro atoms. The summed E-state index contributed by atoms with van der Waals surface area (Å²) in [6.07, 6.45) is 8.71. The third kappa shape index (κ3) is 2.37. The second kappa shape index (κ2) is 7.41. The number of aldehydes is 1. The first-order chi connectivity index (χ1) is 15.3. The highest BCUT2D eigenvalue weighted by molar-refractivity contribution is 6.03. The van der Waals surface area contributed by atoms with Crippen LogP contribution < -0.4 is 0 Å². The fourth-order valence-corrected chi connectivity index (χ4v) is 8.79. The van der Waals surface area contributed by atoms with Gasteiger partial charge in [-0.05, 0) is 55.3 Å². The lowest BCUT2D eigenvalue weighted by atomic mass is 9.41. The summed E-state index contributed by atoms with van der Waals surface area (Å²) < 4.78 is 5.91. The highest BCUT2D eigenvalue weighted by Gasteiger charge is 2.85. The van der Waals surface area contributed by atoms with Crippen molar-refractivity contribution in [3.8, 4) is 0 Å². The molecule has 176 valence electrons. The van der Waals surface area contributed by atoms with E-state index in [1.165, 1.54) is 0 Å². The van der Waals surface area contributed by atoms with Gasteiger partial charge in [0.15, 0.2) is 0 Å². The summed E-state index contributed by atoms with van der Waals surface area (Å²) in [5.74, 6) is 0.192. The number of carbonyl (C=O) groups is 2. The molecule has 0 aromatic rings. The number of unbranched alkanes of at least 4 members (excludes halogenated alkanes) is 1. The molecule has 5 rings (SSSR count). The van der Waals surface area contributed by atoms with E-state index in [0.717, 1.165) is 49.7 Å². The lowest BCUT2D eigenvalue weighted by molar-refractivity contribution is -0.173. The maximum Gasteiger partial charge on any atom is 0.315 e. The highest BCUT2D eigenvalue weighted by atomic mass is 16.8. The SMILES string of the molecule is CCCCOC1CC([C@@]23C[C@@H]4[C@H](C)CC[C@H]4[C@@]4(C=O)C[C@@H]2C=C(C(C)C)[C@@]34C(=O)O)=NO1. The van der Waals surface area contributed by atoms with E-state index in [2.05, 4.69) is 38.9 Å². The van der Waals surface area contributed by atoms with Crippen molar-refractivity contribution < 1.29 is 24.3 Å². The largest absolute Gasteiger partial charge is 0.481 e. The minimum absolute atomic E-state index is 0.00995. The molecule has 1 heterocycles. The molecule has 5 aliphatic rings. The maximum absolute atomic E-state index is 13.5. The Bertz CT molecular complexity index is 879. The van der Waals surface area contributed by atoms with Crippen LogP contribution in [-0.2, 0) is 19.2 Å². The maximum atomic E-state index is 13.5. The second-order valence-corrected chi connectivity index (χ2v) is 11.3. The Morgan fingerprint density at radius 1 is 1.38 bits per heavy atom. The van der Waals surface area contributed by atoms with Gasteiger partial charge in [0, 0.05) is 5.41 Å². The number of carboxylic acids is 1. The molecule has 1 N–H and O–H groups in total. The van der Waals surface area contributed by atoms with Gasteiger partial charge in [-0.15, -0.1) is 0 Å². The molecule has 0 saturated heterocycles. The number of ether oxygens (including phenoxy) is 1. The van der Waals surface area contributed by atoms with Gasteiger partial charge in [-0.25, -0.2) is 0 Å². The van der Waals surface area contributed by atoms with Crippen LogP contribution in [0.1, 0.15) is 72.6 Å². The fraction of sp³-hybridized carbons (Fsp3) is 0.808. The lowest BCUT2D eigenvalue weighted by Crippen LogP contribution is -2.64. The third-order valence-electron chi connectivity index (χ3n) is 9.88. The summed E-state index contributed by atoms with van der Waals surface area (Å²) in [5.41, 5.74) is -1.03. The number of rotatable bonds is 8.